The highest BCUT2D eigenvalue weighted by Crippen LogP contribution is 2.22. The minimum atomic E-state index is -0.112. The molecule has 1 aliphatic rings. The van der Waals surface area contributed by atoms with Crippen molar-refractivity contribution in [3.05, 3.63) is 33.8 Å². The fraction of sp³-hybridized carbons (Fsp3) is 0.385. The summed E-state index contributed by atoms with van der Waals surface area (Å²) in [6, 6.07) is 7.01. The summed E-state index contributed by atoms with van der Waals surface area (Å²) in [4.78, 5) is 14.0. The minimum Gasteiger partial charge on any atom is -0.337 e. The molecule has 1 aromatic rings. The normalized spacial score (nSPS) is 19.4. The zero-order valence-corrected chi connectivity index (χ0v) is 11.2. The average Bonchev–Trinajstić information content (AvgIpc) is 2.37. The van der Waals surface area contributed by atoms with E-state index in [4.69, 9.17) is 28.5 Å². The first-order valence-electron chi connectivity index (χ1n) is 5.75. The molecule has 0 aliphatic carbocycles. The Morgan fingerprint density at radius 3 is 2.61 bits per heavy atom. The number of amides is 1. The summed E-state index contributed by atoms with van der Waals surface area (Å²) >= 11 is 11.8. The van der Waals surface area contributed by atoms with Crippen LogP contribution in [0.3, 0.4) is 0 Å². The lowest BCUT2D eigenvalue weighted by atomic mass is 9.99. The second-order valence-corrected chi connectivity index (χ2v) is 5.25. The van der Waals surface area contributed by atoms with Gasteiger partial charge in [0.15, 0.2) is 0 Å². The van der Waals surface area contributed by atoms with Gasteiger partial charge in [-0.3, -0.25) is 4.79 Å². The van der Waals surface area contributed by atoms with Crippen molar-refractivity contribution in [2.45, 2.75) is 12.8 Å². The number of nitriles is 1. The monoisotopic (exact) mass is 282 g/mol. The Morgan fingerprint density at radius 1 is 1.33 bits per heavy atom. The third-order valence-corrected chi connectivity index (χ3v) is 3.44. The van der Waals surface area contributed by atoms with E-state index < -0.39 is 0 Å². The van der Waals surface area contributed by atoms with E-state index >= 15 is 0 Å². The quantitative estimate of drug-likeness (QED) is 0.793. The first kappa shape index (κ1) is 13.2. The smallest absolute Gasteiger partial charge is 0.253 e. The van der Waals surface area contributed by atoms with Gasteiger partial charge in [-0.1, -0.05) is 23.2 Å². The van der Waals surface area contributed by atoms with E-state index in [1.165, 1.54) is 0 Å². The van der Waals surface area contributed by atoms with Crippen molar-refractivity contribution < 1.29 is 4.79 Å². The van der Waals surface area contributed by atoms with E-state index in [0.29, 0.717) is 28.7 Å². The molecule has 18 heavy (non-hydrogen) atoms. The van der Waals surface area contributed by atoms with Crippen molar-refractivity contribution in [2.75, 3.05) is 13.1 Å². The van der Waals surface area contributed by atoms with Crippen molar-refractivity contribution >= 4 is 29.1 Å². The van der Waals surface area contributed by atoms with Crippen LogP contribution in [-0.4, -0.2) is 23.9 Å². The van der Waals surface area contributed by atoms with Crippen LogP contribution < -0.4 is 0 Å². The number of carbonyl (C=O) groups is 1. The second-order valence-electron chi connectivity index (χ2n) is 4.38. The highest BCUT2D eigenvalue weighted by molar-refractivity contribution is 6.35. The van der Waals surface area contributed by atoms with E-state index in [1.807, 2.05) is 0 Å². The molecule has 1 atom stereocenters. The summed E-state index contributed by atoms with van der Waals surface area (Å²) in [6.07, 6.45) is 1.72. The van der Waals surface area contributed by atoms with Crippen molar-refractivity contribution in [2.24, 2.45) is 5.92 Å². The summed E-state index contributed by atoms with van der Waals surface area (Å²) in [6.45, 7) is 1.17. The molecule has 1 aliphatic heterocycles. The van der Waals surface area contributed by atoms with Crippen LogP contribution in [0.15, 0.2) is 18.2 Å². The number of likely N-dealkylation sites (tertiary alicyclic amines) is 1. The zero-order valence-electron chi connectivity index (χ0n) is 9.70. The van der Waals surface area contributed by atoms with Crippen molar-refractivity contribution in [1.82, 2.24) is 4.90 Å². The number of carbonyl (C=O) groups excluding carboxylic acids is 1. The summed E-state index contributed by atoms with van der Waals surface area (Å²) in [5.41, 5.74) is 0.478. The number of halogens is 2. The summed E-state index contributed by atoms with van der Waals surface area (Å²) < 4.78 is 0. The van der Waals surface area contributed by atoms with Crippen molar-refractivity contribution in [3.8, 4) is 6.07 Å². The Bertz CT molecular complexity index is 490. The Morgan fingerprint density at radius 2 is 2.00 bits per heavy atom. The Hall–Kier alpha value is -1.24. The molecular formula is C13H12Cl2N2O. The predicted octanol–water partition coefficient (Wildman–Crippen LogP) is 3.37. The van der Waals surface area contributed by atoms with Crippen molar-refractivity contribution in [1.29, 1.82) is 5.26 Å². The molecule has 1 amide bonds. The Labute approximate surface area is 116 Å². The van der Waals surface area contributed by atoms with E-state index in [0.717, 1.165) is 12.8 Å². The molecule has 0 saturated carbocycles. The first-order valence-corrected chi connectivity index (χ1v) is 6.50. The third kappa shape index (κ3) is 2.95. The van der Waals surface area contributed by atoms with Gasteiger partial charge in [-0.25, -0.2) is 0 Å². The van der Waals surface area contributed by atoms with Crippen LogP contribution in [0, 0.1) is 17.2 Å². The van der Waals surface area contributed by atoms with Crippen LogP contribution in [0.25, 0.3) is 0 Å². The minimum absolute atomic E-state index is 0.0719. The van der Waals surface area contributed by atoms with Gasteiger partial charge in [-0.2, -0.15) is 5.26 Å². The lowest BCUT2D eigenvalue weighted by molar-refractivity contribution is 0.0699. The maximum Gasteiger partial charge on any atom is 0.253 e. The third-order valence-electron chi connectivity index (χ3n) is 3.00. The van der Waals surface area contributed by atoms with Crippen molar-refractivity contribution in [3.63, 3.8) is 0 Å². The lowest BCUT2D eigenvalue weighted by Crippen LogP contribution is -2.39. The lowest BCUT2D eigenvalue weighted by Gasteiger charge is -2.29. The van der Waals surface area contributed by atoms with E-state index in [2.05, 4.69) is 6.07 Å². The van der Waals surface area contributed by atoms with Gasteiger partial charge in [0.2, 0.25) is 0 Å². The molecule has 1 fully saturated rings. The molecule has 1 aromatic carbocycles. The molecule has 0 bridgehead atoms. The molecule has 0 aromatic heterocycles. The zero-order chi connectivity index (χ0) is 13.1. The molecule has 0 spiro atoms. The Balaban J connectivity index is 2.18. The number of benzene rings is 1. The highest BCUT2D eigenvalue weighted by Gasteiger charge is 2.24. The van der Waals surface area contributed by atoms with E-state index in [1.54, 1.807) is 23.1 Å². The van der Waals surface area contributed by atoms with E-state index in [9.17, 15) is 4.79 Å². The maximum absolute atomic E-state index is 12.3. The SMILES string of the molecule is N#CC1CCCN(C(=O)c2cc(Cl)cc(Cl)c2)C1. The van der Waals surface area contributed by atoms with Gasteiger partial charge in [-0.05, 0) is 31.0 Å². The molecule has 0 radical (unpaired) electrons. The van der Waals surface area contributed by atoms with Gasteiger partial charge in [0.25, 0.3) is 5.91 Å². The van der Waals surface area contributed by atoms with Crippen LogP contribution in [0.5, 0.6) is 0 Å². The number of piperidine rings is 1. The Kier molecular flexibility index (Phi) is 4.11. The molecule has 94 valence electrons. The molecular weight excluding hydrogens is 271 g/mol. The van der Waals surface area contributed by atoms with Gasteiger partial charge < -0.3 is 4.90 Å². The molecule has 3 nitrogen and oxygen atoms in total. The topological polar surface area (TPSA) is 44.1 Å². The van der Waals surface area contributed by atoms with E-state index in [-0.39, 0.29) is 11.8 Å². The van der Waals surface area contributed by atoms with Gasteiger partial charge in [0.1, 0.15) is 0 Å². The molecule has 5 heteroatoms. The van der Waals surface area contributed by atoms with Crippen LogP contribution in [-0.2, 0) is 0 Å². The van der Waals surface area contributed by atoms with Gasteiger partial charge in [0.05, 0.1) is 12.0 Å². The molecule has 0 N–H and O–H groups in total. The highest BCUT2D eigenvalue weighted by atomic mass is 35.5. The van der Waals surface area contributed by atoms with Crippen LogP contribution in [0.1, 0.15) is 23.2 Å². The standard InChI is InChI=1S/C13H12Cl2N2O/c14-11-4-10(5-12(15)6-11)13(18)17-3-1-2-9(7-16)8-17/h4-6,9H,1-3,8H2. The number of hydrogen-bond donors (Lipinski definition) is 0. The predicted molar refractivity (Wildman–Crippen MR) is 70.7 cm³/mol. The molecule has 1 unspecified atom stereocenters. The molecule has 1 saturated heterocycles. The van der Waals surface area contributed by atoms with Crippen LogP contribution in [0.2, 0.25) is 10.0 Å². The number of nitrogens with zero attached hydrogens (tertiary/aromatic N) is 2. The van der Waals surface area contributed by atoms with Gasteiger partial charge >= 0.3 is 0 Å². The average molecular weight is 283 g/mol. The van der Waals surface area contributed by atoms with Crippen LogP contribution in [0.4, 0.5) is 0 Å². The summed E-state index contributed by atoms with van der Waals surface area (Å²) in [7, 11) is 0. The first-order chi connectivity index (χ1) is 8.60. The van der Waals surface area contributed by atoms with Gasteiger partial charge in [0, 0.05) is 28.7 Å². The van der Waals surface area contributed by atoms with Crippen LogP contribution >= 0.6 is 23.2 Å². The van der Waals surface area contributed by atoms with Gasteiger partial charge in [-0.15, -0.1) is 0 Å². The number of hydrogen-bond acceptors (Lipinski definition) is 2. The fourth-order valence-corrected chi connectivity index (χ4v) is 2.65. The maximum atomic E-state index is 12.3. The molecule has 2 rings (SSSR count). The fourth-order valence-electron chi connectivity index (χ4n) is 2.13. The second kappa shape index (κ2) is 5.60. The molecule has 1 heterocycles. The largest absolute Gasteiger partial charge is 0.337 e. The number of rotatable bonds is 1. The summed E-state index contributed by atoms with van der Waals surface area (Å²) in [5.74, 6) is -0.184. The summed E-state index contributed by atoms with van der Waals surface area (Å²) in [5, 5.41) is 9.81.